The van der Waals surface area contributed by atoms with Crippen LogP contribution in [-0.4, -0.2) is 29.0 Å². The van der Waals surface area contributed by atoms with Crippen molar-refractivity contribution in [2.45, 2.75) is 52.1 Å². The molecule has 4 atom stereocenters. The Labute approximate surface area is 168 Å². The molecule has 1 heterocycles. The summed E-state index contributed by atoms with van der Waals surface area (Å²) in [5.41, 5.74) is 2.40. The van der Waals surface area contributed by atoms with E-state index >= 15 is 0 Å². The summed E-state index contributed by atoms with van der Waals surface area (Å²) in [6.07, 6.45) is 5.35. The average molecular weight is 378 g/mol. The number of benzene rings is 1. The molecule has 28 heavy (non-hydrogen) atoms. The summed E-state index contributed by atoms with van der Waals surface area (Å²) in [7, 11) is 1.88. The lowest BCUT2D eigenvalue weighted by molar-refractivity contribution is 0.117. The Hall–Kier alpha value is -2.36. The van der Waals surface area contributed by atoms with E-state index in [0.29, 0.717) is 5.92 Å². The van der Waals surface area contributed by atoms with Gasteiger partial charge in [0.05, 0.1) is 5.69 Å². The van der Waals surface area contributed by atoms with Gasteiger partial charge in [0.1, 0.15) is 6.04 Å². The molecule has 4 nitrogen and oxygen atoms in total. The van der Waals surface area contributed by atoms with Crippen LogP contribution in [0, 0.1) is 16.7 Å². The van der Waals surface area contributed by atoms with Gasteiger partial charge in [0, 0.05) is 19.3 Å². The van der Waals surface area contributed by atoms with E-state index in [4.69, 9.17) is 0 Å². The molecule has 2 fully saturated rings. The van der Waals surface area contributed by atoms with E-state index in [0.717, 1.165) is 17.7 Å². The van der Waals surface area contributed by atoms with Crippen molar-refractivity contribution in [3.63, 3.8) is 0 Å². The molecular formula is C24H31N3O. The van der Waals surface area contributed by atoms with Gasteiger partial charge in [-0.1, -0.05) is 57.2 Å². The SMILES string of the molecule is CN(C(=O)NC1CC2CCC1(C)C2(C)C)C(c1ccccc1)c1ccccn1. The summed E-state index contributed by atoms with van der Waals surface area (Å²) in [5, 5.41) is 3.39. The number of nitrogens with zero attached hydrogens (tertiary/aromatic N) is 2. The van der Waals surface area contributed by atoms with Gasteiger partial charge < -0.3 is 10.2 Å². The van der Waals surface area contributed by atoms with Crippen LogP contribution < -0.4 is 5.32 Å². The Balaban J connectivity index is 1.58. The lowest BCUT2D eigenvalue weighted by atomic mass is 9.69. The van der Waals surface area contributed by atoms with Gasteiger partial charge in [0.15, 0.2) is 0 Å². The summed E-state index contributed by atoms with van der Waals surface area (Å²) >= 11 is 0. The molecule has 1 aromatic heterocycles. The Morgan fingerprint density at radius 1 is 1.14 bits per heavy atom. The Bertz CT molecular complexity index is 796. The van der Waals surface area contributed by atoms with Crippen molar-refractivity contribution in [2.75, 3.05) is 7.05 Å². The van der Waals surface area contributed by atoms with Gasteiger partial charge in [-0.25, -0.2) is 4.79 Å². The monoisotopic (exact) mass is 377 g/mol. The first-order valence-corrected chi connectivity index (χ1v) is 10.3. The van der Waals surface area contributed by atoms with Gasteiger partial charge in [-0.2, -0.15) is 0 Å². The quantitative estimate of drug-likeness (QED) is 0.812. The molecule has 0 radical (unpaired) electrons. The fourth-order valence-corrected chi connectivity index (χ4v) is 5.56. The van der Waals surface area contributed by atoms with E-state index in [1.54, 1.807) is 11.1 Å². The first-order chi connectivity index (χ1) is 13.3. The van der Waals surface area contributed by atoms with E-state index < -0.39 is 0 Å². The normalized spacial score (nSPS) is 28.7. The molecule has 1 aromatic carbocycles. The maximum absolute atomic E-state index is 13.3. The van der Waals surface area contributed by atoms with Gasteiger partial charge in [-0.3, -0.25) is 4.98 Å². The predicted octanol–water partition coefficient (Wildman–Crippen LogP) is 5.03. The summed E-state index contributed by atoms with van der Waals surface area (Å²) < 4.78 is 0. The number of amides is 2. The lowest BCUT2D eigenvalue weighted by Gasteiger charge is -2.40. The maximum atomic E-state index is 13.3. The van der Waals surface area contributed by atoms with Crippen molar-refractivity contribution in [1.82, 2.24) is 15.2 Å². The van der Waals surface area contributed by atoms with Crippen molar-refractivity contribution in [2.24, 2.45) is 16.7 Å². The van der Waals surface area contributed by atoms with E-state index in [1.807, 2.05) is 43.4 Å². The summed E-state index contributed by atoms with van der Waals surface area (Å²) in [5.74, 6) is 0.703. The van der Waals surface area contributed by atoms with Crippen LogP contribution >= 0.6 is 0 Å². The third-order valence-electron chi connectivity index (χ3n) is 7.88. The first kappa shape index (κ1) is 19.0. The van der Waals surface area contributed by atoms with Gasteiger partial charge in [0.2, 0.25) is 0 Å². The second-order valence-electron chi connectivity index (χ2n) is 9.29. The molecule has 4 unspecified atom stereocenters. The Kier molecular flexibility index (Phi) is 4.68. The number of hydrogen-bond donors (Lipinski definition) is 1. The highest BCUT2D eigenvalue weighted by atomic mass is 16.2. The smallest absolute Gasteiger partial charge is 0.318 e. The second-order valence-corrected chi connectivity index (χ2v) is 9.29. The van der Waals surface area contributed by atoms with Crippen LogP contribution in [0.15, 0.2) is 54.7 Å². The number of carbonyl (C=O) groups excluding carboxylic acids is 1. The van der Waals surface area contributed by atoms with E-state index in [1.165, 1.54) is 12.8 Å². The van der Waals surface area contributed by atoms with E-state index in [-0.39, 0.29) is 28.9 Å². The third-order valence-corrected chi connectivity index (χ3v) is 7.88. The van der Waals surface area contributed by atoms with Crippen LogP contribution in [0.25, 0.3) is 0 Å². The predicted molar refractivity (Wildman–Crippen MR) is 112 cm³/mol. The fourth-order valence-electron chi connectivity index (χ4n) is 5.56. The van der Waals surface area contributed by atoms with E-state index in [9.17, 15) is 4.79 Å². The fraction of sp³-hybridized carbons (Fsp3) is 0.500. The topological polar surface area (TPSA) is 45.2 Å². The number of aromatic nitrogens is 1. The minimum Gasteiger partial charge on any atom is -0.335 e. The molecular weight excluding hydrogens is 346 g/mol. The van der Waals surface area contributed by atoms with Gasteiger partial charge in [-0.05, 0) is 53.7 Å². The van der Waals surface area contributed by atoms with Crippen molar-refractivity contribution in [1.29, 1.82) is 0 Å². The molecule has 1 N–H and O–H groups in total. The molecule has 2 amide bonds. The van der Waals surface area contributed by atoms with Crippen molar-refractivity contribution in [3.8, 4) is 0 Å². The largest absolute Gasteiger partial charge is 0.335 e. The zero-order chi connectivity index (χ0) is 19.9. The number of urea groups is 1. The Morgan fingerprint density at radius 2 is 1.86 bits per heavy atom. The maximum Gasteiger partial charge on any atom is 0.318 e. The molecule has 0 saturated heterocycles. The molecule has 148 valence electrons. The summed E-state index contributed by atoms with van der Waals surface area (Å²) in [6.45, 7) is 7.11. The number of fused-ring (bicyclic) bond motifs is 2. The highest BCUT2D eigenvalue weighted by molar-refractivity contribution is 5.75. The zero-order valence-electron chi connectivity index (χ0n) is 17.4. The van der Waals surface area contributed by atoms with Crippen LogP contribution in [0.3, 0.4) is 0 Å². The minimum atomic E-state index is -0.207. The highest BCUT2D eigenvalue weighted by Gasteiger charge is 2.61. The number of carbonyl (C=O) groups is 1. The second kappa shape index (κ2) is 6.91. The van der Waals surface area contributed by atoms with Gasteiger partial charge in [-0.15, -0.1) is 0 Å². The standard InChI is InChI=1S/C24H31N3O/c1-23(2)18-13-14-24(23,3)20(16-18)26-22(28)27(4)21(17-10-6-5-7-11-17)19-12-8-9-15-25-19/h5-12,15,18,20-21H,13-14,16H2,1-4H3,(H,26,28). The van der Waals surface area contributed by atoms with Crippen LogP contribution in [-0.2, 0) is 0 Å². The van der Waals surface area contributed by atoms with Crippen molar-refractivity contribution in [3.05, 3.63) is 66.0 Å². The molecule has 2 bridgehead atoms. The molecule has 2 aliphatic carbocycles. The number of rotatable bonds is 4. The average Bonchev–Trinajstić information content (AvgIpc) is 3.03. The molecule has 2 aromatic rings. The minimum absolute atomic E-state index is 0.0194. The third kappa shape index (κ3) is 2.90. The highest BCUT2D eigenvalue weighted by Crippen LogP contribution is 2.65. The van der Waals surface area contributed by atoms with Crippen LogP contribution in [0.1, 0.15) is 57.3 Å². The van der Waals surface area contributed by atoms with E-state index in [2.05, 4.69) is 43.2 Å². The van der Waals surface area contributed by atoms with Crippen molar-refractivity contribution >= 4 is 6.03 Å². The van der Waals surface area contributed by atoms with Gasteiger partial charge in [0.25, 0.3) is 0 Å². The summed E-state index contributed by atoms with van der Waals surface area (Å²) in [4.78, 5) is 19.7. The number of pyridine rings is 1. The van der Waals surface area contributed by atoms with Crippen molar-refractivity contribution < 1.29 is 4.79 Å². The lowest BCUT2D eigenvalue weighted by Crippen LogP contribution is -2.51. The van der Waals surface area contributed by atoms with Crippen LogP contribution in [0.4, 0.5) is 4.79 Å². The molecule has 2 aliphatic rings. The molecule has 0 aliphatic heterocycles. The summed E-state index contributed by atoms with van der Waals surface area (Å²) in [6, 6.07) is 16.0. The molecule has 4 rings (SSSR count). The Morgan fingerprint density at radius 3 is 2.43 bits per heavy atom. The number of nitrogens with one attached hydrogen (secondary N) is 1. The molecule has 4 heteroatoms. The first-order valence-electron chi connectivity index (χ1n) is 10.3. The van der Waals surface area contributed by atoms with Crippen LogP contribution in [0.2, 0.25) is 0 Å². The molecule has 2 saturated carbocycles. The number of hydrogen-bond acceptors (Lipinski definition) is 2. The van der Waals surface area contributed by atoms with Crippen LogP contribution in [0.5, 0.6) is 0 Å². The van der Waals surface area contributed by atoms with Gasteiger partial charge >= 0.3 is 6.03 Å². The zero-order valence-corrected chi connectivity index (χ0v) is 17.4. The molecule has 0 spiro atoms.